The molecule has 0 aliphatic rings. The summed E-state index contributed by atoms with van der Waals surface area (Å²) in [5, 5.41) is 19.5. The van der Waals surface area contributed by atoms with Crippen LogP contribution >= 0.6 is 0 Å². The molecule has 1 heterocycles. The van der Waals surface area contributed by atoms with Gasteiger partial charge in [0.15, 0.2) is 0 Å². The first-order valence-electron chi connectivity index (χ1n) is 6.71. The van der Waals surface area contributed by atoms with Gasteiger partial charge in [-0.25, -0.2) is 9.48 Å². The van der Waals surface area contributed by atoms with Crippen LogP contribution in [-0.4, -0.2) is 38.0 Å². The molecule has 0 aliphatic heterocycles. The van der Waals surface area contributed by atoms with Crippen LogP contribution in [0.2, 0.25) is 0 Å². The van der Waals surface area contributed by atoms with Crippen molar-refractivity contribution in [2.45, 2.75) is 26.3 Å². The molecule has 0 saturated carbocycles. The monoisotopic (exact) mass is 290 g/mol. The molecule has 0 aliphatic carbocycles. The van der Waals surface area contributed by atoms with Crippen LogP contribution in [-0.2, 0) is 11.8 Å². The van der Waals surface area contributed by atoms with Gasteiger partial charge in [0.05, 0.1) is 5.52 Å². The highest BCUT2D eigenvalue weighted by Gasteiger charge is 2.22. The van der Waals surface area contributed by atoms with Crippen molar-refractivity contribution in [1.82, 2.24) is 20.3 Å². The fourth-order valence-corrected chi connectivity index (χ4v) is 2.12. The number of nitrogens with zero attached hydrogens (tertiary/aromatic N) is 3. The van der Waals surface area contributed by atoms with E-state index in [2.05, 4.69) is 15.6 Å². The second-order valence-corrected chi connectivity index (χ2v) is 5.41. The fraction of sp³-hybridized carbons (Fsp3) is 0.429. The number of aliphatic carboxylic acids is 1. The summed E-state index contributed by atoms with van der Waals surface area (Å²) in [6.45, 7) is 3.82. The van der Waals surface area contributed by atoms with Gasteiger partial charge in [0, 0.05) is 12.6 Å². The second-order valence-electron chi connectivity index (χ2n) is 5.41. The molecular formula is C14H18N4O3. The van der Waals surface area contributed by atoms with Gasteiger partial charge >= 0.3 is 5.97 Å². The number of fused-ring (bicyclic) bond motifs is 1. The summed E-state index contributed by atoms with van der Waals surface area (Å²) < 4.78 is 1.61. The average Bonchev–Trinajstić information content (AvgIpc) is 2.78. The smallest absolute Gasteiger partial charge is 0.326 e. The summed E-state index contributed by atoms with van der Waals surface area (Å²) in [6.07, 6.45) is 0.383. The lowest BCUT2D eigenvalue weighted by atomic mass is 10.0. The number of hydrogen-bond donors (Lipinski definition) is 2. The van der Waals surface area contributed by atoms with Crippen LogP contribution in [0.4, 0.5) is 0 Å². The summed E-state index contributed by atoms with van der Waals surface area (Å²) in [6, 6.07) is 4.08. The summed E-state index contributed by atoms with van der Waals surface area (Å²) in [5.74, 6) is -1.28. The van der Waals surface area contributed by atoms with Crippen molar-refractivity contribution >= 4 is 22.9 Å². The molecule has 2 rings (SSSR count). The van der Waals surface area contributed by atoms with Crippen molar-refractivity contribution in [3.63, 3.8) is 0 Å². The van der Waals surface area contributed by atoms with E-state index in [-0.39, 0.29) is 5.92 Å². The van der Waals surface area contributed by atoms with Crippen molar-refractivity contribution in [2.75, 3.05) is 0 Å². The fourth-order valence-electron chi connectivity index (χ4n) is 2.12. The van der Waals surface area contributed by atoms with E-state index in [9.17, 15) is 9.59 Å². The maximum absolute atomic E-state index is 12.2. The Labute approximate surface area is 121 Å². The number of carbonyl (C=O) groups is 2. The number of nitrogens with one attached hydrogen (secondary N) is 1. The number of aryl methyl sites for hydroxylation is 1. The zero-order valence-corrected chi connectivity index (χ0v) is 12.2. The van der Waals surface area contributed by atoms with E-state index in [1.807, 2.05) is 13.8 Å². The molecule has 21 heavy (non-hydrogen) atoms. The molecule has 2 aromatic rings. The Hall–Kier alpha value is -2.44. The summed E-state index contributed by atoms with van der Waals surface area (Å²) in [5.41, 5.74) is 1.78. The Morgan fingerprint density at radius 3 is 2.71 bits per heavy atom. The lowest BCUT2D eigenvalue weighted by Gasteiger charge is -2.16. The van der Waals surface area contributed by atoms with Crippen LogP contribution in [0, 0.1) is 5.92 Å². The summed E-state index contributed by atoms with van der Waals surface area (Å²) >= 11 is 0. The Balaban J connectivity index is 2.18. The van der Waals surface area contributed by atoms with Crippen molar-refractivity contribution in [3.8, 4) is 0 Å². The molecule has 0 radical (unpaired) electrons. The van der Waals surface area contributed by atoms with E-state index in [1.165, 1.54) is 0 Å². The van der Waals surface area contributed by atoms with Gasteiger partial charge in [-0.2, -0.15) is 0 Å². The van der Waals surface area contributed by atoms with Crippen LogP contribution in [0.1, 0.15) is 30.6 Å². The lowest BCUT2D eigenvalue weighted by molar-refractivity contribution is -0.139. The van der Waals surface area contributed by atoms with Crippen molar-refractivity contribution in [1.29, 1.82) is 0 Å². The molecule has 7 nitrogen and oxygen atoms in total. The van der Waals surface area contributed by atoms with Gasteiger partial charge in [0.25, 0.3) is 5.91 Å². The molecule has 1 aromatic heterocycles. The molecule has 112 valence electrons. The highest BCUT2D eigenvalue weighted by Crippen LogP contribution is 2.13. The van der Waals surface area contributed by atoms with Gasteiger partial charge in [-0.05, 0) is 30.5 Å². The van der Waals surface area contributed by atoms with Gasteiger partial charge in [-0.15, -0.1) is 5.10 Å². The number of rotatable bonds is 5. The number of hydrogen-bond acceptors (Lipinski definition) is 4. The summed E-state index contributed by atoms with van der Waals surface area (Å²) in [7, 11) is 1.76. The predicted octanol–water partition coefficient (Wildman–Crippen LogP) is 1.20. The number of carboxylic acids is 1. The molecule has 0 saturated heterocycles. The molecule has 0 bridgehead atoms. The predicted molar refractivity (Wildman–Crippen MR) is 76.9 cm³/mol. The minimum atomic E-state index is -1.03. The van der Waals surface area contributed by atoms with Gasteiger partial charge < -0.3 is 10.4 Å². The number of aromatic nitrogens is 3. The van der Waals surface area contributed by atoms with E-state index in [4.69, 9.17) is 5.11 Å². The first-order valence-corrected chi connectivity index (χ1v) is 6.71. The first kappa shape index (κ1) is 15.0. The van der Waals surface area contributed by atoms with E-state index in [0.717, 1.165) is 5.52 Å². The zero-order valence-electron chi connectivity index (χ0n) is 12.2. The third-order valence-electron chi connectivity index (χ3n) is 3.18. The zero-order chi connectivity index (χ0) is 15.6. The quantitative estimate of drug-likeness (QED) is 0.862. The molecular weight excluding hydrogens is 272 g/mol. The SMILES string of the molecule is CC(C)C[C@H](NC(=O)c1ccc2c(c1)nnn2C)C(=O)O. The molecule has 1 amide bonds. The van der Waals surface area contributed by atoms with Gasteiger partial charge in [-0.3, -0.25) is 4.79 Å². The minimum Gasteiger partial charge on any atom is -0.480 e. The number of carbonyl (C=O) groups excluding carboxylic acids is 1. The Morgan fingerprint density at radius 2 is 2.10 bits per heavy atom. The largest absolute Gasteiger partial charge is 0.480 e. The number of carboxylic acid groups (broad SMARTS) is 1. The van der Waals surface area contributed by atoms with E-state index in [0.29, 0.717) is 17.5 Å². The molecule has 0 unspecified atom stereocenters. The minimum absolute atomic E-state index is 0.175. The molecule has 0 spiro atoms. The van der Waals surface area contributed by atoms with E-state index < -0.39 is 17.9 Å². The van der Waals surface area contributed by atoms with Crippen LogP contribution in [0.15, 0.2) is 18.2 Å². The van der Waals surface area contributed by atoms with Gasteiger partial charge in [-0.1, -0.05) is 19.1 Å². The van der Waals surface area contributed by atoms with E-state index in [1.54, 1.807) is 29.9 Å². The van der Waals surface area contributed by atoms with Gasteiger partial charge in [0.2, 0.25) is 0 Å². The molecule has 7 heteroatoms. The lowest BCUT2D eigenvalue weighted by Crippen LogP contribution is -2.41. The molecule has 1 atom stereocenters. The Kier molecular flexibility index (Phi) is 4.21. The van der Waals surface area contributed by atoms with Crippen LogP contribution in [0.5, 0.6) is 0 Å². The van der Waals surface area contributed by atoms with Crippen LogP contribution < -0.4 is 5.32 Å². The summed E-state index contributed by atoms with van der Waals surface area (Å²) in [4.78, 5) is 23.3. The molecule has 1 aromatic carbocycles. The standard InChI is InChI=1S/C14H18N4O3/c1-8(2)6-11(14(20)21)15-13(19)9-4-5-12-10(7-9)16-17-18(12)3/h4-5,7-8,11H,6H2,1-3H3,(H,15,19)(H,20,21)/t11-/m0/s1. The van der Waals surface area contributed by atoms with Gasteiger partial charge in [0.1, 0.15) is 11.6 Å². The average molecular weight is 290 g/mol. The second kappa shape index (κ2) is 5.90. The Morgan fingerprint density at radius 1 is 1.38 bits per heavy atom. The molecule has 0 fully saturated rings. The molecule has 2 N–H and O–H groups in total. The van der Waals surface area contributed by atoms with Crippen molar-refractivity contribution in [3.05, 3.63) is 23.8 Å². The first-order chi connectivity index (χ1) is 9.88. The highest BCUT2D eigenvalue weighted by atomic mass is 16.4. The van der Waals surface area contributed by atoms with Crippen molar-refractivity contribution in [2.24, 2.45) is 13.0 Å². The van der Waals surface area contributed by atoms with Crippen LogP contribution in [0.25, 0.3) is 11.0 Å². The topological polar surface area (TPSA) is 97.1 Å². The Bertz CT molecular complexity index is 678. The number of benzene rings is 1. The number of amides is 1. The van der Waals surface area contributed by atoms with Crippen LogP contribution in [0.3, 0.4) is 0 Å². The maximum atomic E-state index is 12.2. The maximum Gasteiger partial charge on any atom is 0.326 e. The third kappa shape index (κ3) is 3.36. The van der Waals surface area contributed by atoms with E-state index >= 15 is 0 Å². The third-order valence-corrected chi connectivity index (χ3v) is 3.18. The van der Waals surface area contributed by atoms with Crippen molar-refractivity contribution < 1.29 is 14.7 Å². The highest BCUT2D eigenvalue weighted by molar-refractivity contribution is 5.99. The normalized spacial score (nSPS) is 12.6.